The summed E-state index contributed by atoms with van der Waals surface area (Å²) in [5.74, 6) is 1.77. The summed E-state index contributed by atoms with van der Waals surface area (Å²) < 4.78 is 0. The van der Waals surface area contributed by atoms with Crippen molar-refractivity contribution in [3.63, 3.8) is 0 Å². The number of hydrogen-bond acceptors (Lipinski definition) is 6. The Bertz CT molecular complexity index is 876. The van der Waals surface area contributed by atoms with Crippen LogP contribution in [0.4, 0.5) is 0 Å². The van der Waals surface area contributed by atoms with Gasteiger partial charge in [0.1, 0.15) is 10.7 Å². The Balaban J connectivity index is 0.00000210. The molecule has 6 nitrogen and oxygen atoms in total. The molecule has 0 spiro atoms. The minimum atomic E-state index is -0.0227. The second-order valence-electron chi connectivity index (χ2n) is 7.05. The second kappa shape index (κ2) is 8.94. The van der Waals surface area contributed by atoms with Crippen LogP contribution in [-0.4, -0.2) is 52.7 Å². The summed E-state index contributed by atoms with van der Waals surface area (Å²) in [6.07, 6.45) is 5.43. The molecule has 2 aromatic rings. The summed E-state index contributed by atoms with van der Waals surface area (Å²) in [6.45, 7) is 1.85. The zero-order chi connectivity index (χ0) is 18.1. The molecule has 1 atom stereocenters. The Kier molecular flexibility index (Phi) is 6.83. The lowest BCUT2D eigenvalue weighted by Crippen LogP contribution is -2.39. The molecule has 148 valence electrons. The van der Waals surface area contributed by atoms with Crippen LogP contribution in [0.2, 0.25) is 0 Å². The van der Waals surface area contributed by atoms with Crippen LogP contribution >= 0.6 is 35.5 Å². The first-order valence-corrected chi connectivity index (χ1v) is 11.2. The molecule has 1 unspecified atom stereocenters. The highest BCUT2D eigenvalue weighted by Crippen LogP contribution is 2.33. The number of carbonyl (C=O) groups excluding carboxylic acids is 1. The van der Waals surface area contributed by atoms with Crippen molar-refractivity contribution >= 4 is 51.6 Å². The summed E-state index contributed by atoms with van der Waals surface area (Å²) in [5.41, 5.74) is 1.19. The van der Waals surface area contributed by atoms with Gasteiger partial charge < -0.3 is 15.2 Å². The van der Waals surface area contributed by atoms with E-state index in [2.05, 4.69) is 15.3 Å². The van der Waals surface area contributed by atoms with Crippen LogP contribution < -0.4 is 10.9 Å². The monoisotopic (exact) mass is 428 g/mol. The van der Waals surface area contributed by atoms with Gasteiger partial charge in [-0.05, 0) is 44.2 Å². The molecule has 0 radical (unpaired) electrons. The largest absolute Gasteiger partial charge is 0.341 e. The normalized spacial score (nSPS) is 18.9. The highest BCUT2D eigenvalue weighted by Gasteiger charge is 2.23. The van der Waals surface area contributed by atoms with Gasteiger partial charge in [0.2, 0.25) is 5.91 Å². The van der Waals surface area contributed by atoms with Gasteiger partial charge in [0, 0.05) is 24.5 Å². The molecule has 2 N–H and O–H groups in total. The molecule has 3 heterocycles. The van der Waals surface area contributed by atoms with Gasteiger partial charge in [0.15, 0.2) is 0 Å². The van der Waals surface area contributed by atoms with Crippen molar-refractivity contribution < 1.29 is 4.79 Å². The predicted octanol–water partition coefficient (Wildman–Crippen LogP) is 2.34. The minimum absolute atomic E-state index is 0. The number of aromatic amines is 1. The van der Waals surface area contributed by atoms with E-state index in [1.807, 2.05) is 11.9 Å². The third kappa shape index (κ3) is 4.34. The van der Waals surface area contributed by atoms with Gasteiger partial charge in [-0.15, -0.1) is 35.5 Å². The number of nitrogens with one attached hydrogen (secondary N) is 2. The number of aryl methyl sites for hydroxylation is 2. The molecule has 1 fully saturated rings. The van der Waals surface area contributed by atoms with E-state index in [0.717, 1.165) is 49.0 Å². The summed E-state index contributed by atoms with van der Waals surface area (Å²) in [6, 6.07) is 0.301. The summed E-state index contributed by atoms with van der Waals surface area (Å²) in [7, 11) is 1.88. The fourth-order valence-corrected chi connectivity index (χ4v) is 5.88. The van der Waals surface area contributed by atoms with E-state index in [-0.39, 0.29) is 23.9 Å². The number of hydrogen-bond donors (Lipinski definition) is 2. The Hall–Kier alpha value is -1.09. The van der Waals surface area contributed by atoms with Crippen LogP contribution in [0.15, 0.2) is 4.79 Å². The highest BCUT2D eigenvalue weighted by atomic mass is 35.5. The molecular weight excluding hydrogens is 404 g/mol. The number of likely N-dealkylation sites (N-methyl/N-ethyl adjacent to an activating group) is 1. The van der Waals surface area contributed by atoms with Gasteiger partial charge in [0.25, 0.3) is 5.56 Å². The average Bonchev–Trinajstić information content (AvgIpc) is 3.28. The Morgan fingerprint density at radius 2 is 2.19 bits per heavy atom. The molecule has 9 heteroatoms. The van der Waals surface area contributed by atoms with Crippen molar-refractivity contribution in [2.24, 2.45) is 0 Å². The SMILES string of the molecule is CN(C(=O)CSCc1nc2sc3c(c2c(=O)[nH]1)CCCC3)C1CCNC1.Cl. The smallest absolute Gasteiger partial charge is 0.259 e. The third-order valence-corrected chi connectivity index (χ3v) is 7.43. The number of carbonyl (C=O) groups is 1. The molecule has 2 aliphatic rings. The van der Waals surface area contributed by atoms with E-state index >= 15 is 0 Å². The quantitative estimate of drug-likeness (QED) is 0.764. The number of fused-ring (bicyclic) bond motifs is 3. The fourth-order valence-electron chi connectivity index (χ4n) is 3.79. The number of thiophene rings is 1. The number of H-pyrrole nitrogens is 1. The van der Waals surface area contributed by atoms with Crippen molar-refractivity contribution in [3.8, 4) is 0 Å². The predicted molar refractivity (Wildman–Crippen MR) is 114 cm³/mol. The number of amides is 1. The molecule has 1 saturated heterocycles. The molecule has 1 aliphatic heterocycles. The van der Waals surface area contributed by atoms with Crippen molar-refractivity contribution in [2.45, 2.75) is 43.9 Å². The number of nitrogens with zero attached hydrogens (tertiary/aromatic N) is 2. The van der Waals surface area contributed by atoms with Crippen molar-refractivity contribution in [2.75, 3.05) is 25.9 Å². The molecule has 27 heavy (non-hydrogen) atoms. The lowest BCUT2D eigenvalue weighted by Gasteiger charge is -2.23. The molecule has 1 aliphatic carbocycles. The lowest BCUT2D eigenvalue weighted by molar-refractivity contribution is -0.128. The minimum Gasteiger partial charge on any atom is -0.341 e. The van der Waals surface area contributed by atoms with Crippen LogP contribution in [-0.2, 0) is 23.4 Å². The van der Waals surface area contributed by atoms with Crippen LogP contribution in [0, 0.1) is 0 Å². The molecule has 4 rings (SSSR count). The summed E-state index contributed by atoms with van der Waals surface area (Å²) >= 11 is 3.18. The number of thioether (sulfide) groups is 1. The zero-order valence-electron chi connectivity index (χ0n) is 15.4. The van der Waals surface area contributed by atoms with Gasteiger partial charge in [-0.1, -0.05) is 0 Å². The van der Waals surface area contributed by atoms with E-state index < -0.39 is 0 Å². The van der Waals surface area contributed by atoms with Gasteiger partial charge in [-0.2, -0.15) is 0 Å². The zero-order valence-corrected chi connectivity index (χ0v) is 17.8. The van der Waals surface area contributed by atoms with Gasteiger partial charge in [-0.3, -0.25) is 9.59 Å². The topological polar surface area (TPSA) is 78.1 Å². The van der Waals surface area contributed by atoms with E-state index in [4.69, 9.17) is 0 Å². The first kappa shape index (κ1) is 20.6. The van der Waals surface area contributed by atoms with Gasteiger partial charge in [-0.25, -0.2) is 4.98 Å². The molecule has 0 saturated carbocycles. The van der Waals surface area contributed by atoms with Gasteiger partial charge in [0.05, 0.1) is 16.9 Å². The highest BCUT2D eigenvalue weighted by molar-refractivity contribution is 7.99. The fraction of sp³-hybridized carbons (Fsp3) is 0.611. The Morgan fingerprint density at radius 3 is 2.96 bits per heavy atom. The third-order valence-electron chi connectivity index (χ3n) is 5.31. The van der Waals surface area contributed by atoms with Crippen LogP contribution in [0.3, 0.4) is 0 Å². The number of aromatic nitrogens is 2. The van der Waals surface area contributed by atoms with Crippen molar-refractivity contribution in [3.05, 3.63) is 26.6 Å². The number of halogens is 1. The van der Waals surface area contributed by atoms with Crippen LogP contribution in [0.1, 0.15) is 35.5 Å². The standard InChI is InChI=1S/C18H24N4O2S2.ClH/c1-22(11-6-7-19-8-11)15(23)10-25-9-14-20-17(24)16-12-4-2-3-5-13(12)26-18(16)21-14;/h11,19H,2-10H2,1H3,(H,20,21,24);1H. The second-order valence-corrected chi connectivity index (χ2v) is 9.12. The molecule has 0 bridgehead atoms. The van der Waals surface area contributed by atoms with E-state index in [1.54, 1.807) is 11.3 Å². The molecule has 2 aromatic heterocycles. The van der Waals surface area contributed by atoms with Crippen molar-refractivity contribution in [1.82, 2.24) is 20.2 Å². The van der Waals surface area contributed by atoms with Crippen molar-refractivity contribution in [1.29, 1.82) is 0 Å². The van der Waals surface area contributed by atoms with Crippen LogP contribution in [0.25, 0.3) is 10.2 Å². The molecule has 0 aromatic carbocycles. The number of rotatable bonds is 5. The first-order chi connectivity index (χ1) is 12.6. The molecule has 1 amide bonds. The maximum atomic E-state index is 12.5. The van der Waals surface area contributed by atoms with Crippen LogP contribution in [0.5, 0.6) is 0 Å². The molecular formula is C18H25ClN4O2S2. The summed E-state index contributed by atoms with van der Waals surface area (Å²) in [5, 5.41) is 4.08. The summed E-state index contributed by atoms with van der Waals surface area (Å²) in [4.78, 5) is 36.5. The van der Waals surface area contributed by atoms with E-state index in [0.29, 0.717) is 23.4 Å². The van der Waals surface area contributed by atoms with E-state index in [1.165, 1.54) is 28.6 Å². The maximum absolute atomic E-state index is 12.5. The average molecular weight is 429 g/mol. The Morgan fingerprint density at radius 1 is 1.37 bits per heavy atom. The van der Waals surface area contributed by atoms with E-state index in [9.17, 15) is 9.59 Å². The van der Waals surface area contributed by atoms with Gasteiger partial charge >= 0.3 is 0 Å². The Labute approximate surface area is 172 Å². The maximum Gasteiger partial charge on any atom is 0.259 e. The first-order valence-electron chi connectivity index (χ1n) is 9.21. The lowest BCUT2D eigenvalue weighted by atomic mass is 9.97.